The van der Waals surface area contributed by atoms with E-state index in [1.54, 1.807) is 0 Å². The fourth-order valence-electron chi connectivity index (χ4n) is 0. The quantitative estimate of drug-likeness (QED) is 0.209. The number of hydrogen-bond acceptors (Lipinski definition) is 3. The Balaban J connectivity index is -0.0000000720. The van der Waals surface area contributed by atoms with Gasteiger partial charge >= 0.3 is 18.9 Å². The van der Waals surface area contributed by atoms with Gasteiger partial charge in [-0.2, -0.15) is 0 Å². The van der Waals surface area contributed by atoms with Gasteiger partial charge in [0.2, 0.25) is 0 Å². The smallest absolute Gasteiger partial charge is 0.439 e. The second-order valence-electron chi connectivity index (χ2n) is 1.07. The maximum absolute atomic E-state index is 8.56. The van der Waals surface area contributed by atoms with Crippen LogP contribution in [0, 0.1) is 6.92 Å². The van der Waals surface area contributed by atoms with E-state index >= 15 is 0 Å². The fraction of sp³-hybridized carbons (Fsp3) is 0.750. The van der Waals surface area contributed by atoms with Crippen molar-refractivity contribution < 1.29 is 31.8 Å². The zero-order valence-electron chi connectivity index (χ0n) is 5.79. The molecule has 0 aromatic heterocycles. The average Bonchev–Trinajstić information content (AvgIpc) is 1.65. The zero-order chi connectivity index (χ0) is 6.99. The third-order valence-corrected chi connectivity index (χ3v) is 0.354. The summed E-state index contributed by atoms with van der Waals surface area (Å²) in [5.74, 6) is 0. The van der Waals surface area contributed by atoms with Gasteiger partial charge in [0.25, 0.3) is 0 Å². The molecule has 0 fully saturated rings. The van der Waals surface area contributed by atoms with Gasteiger partial charge in [-0.1, -0.05) is 26.7 Å². The largest absolute Gasteiger partial charge is 1.00 e. The molecule has 0 saturated carbocycles. The van der Waals surface area contributed by atoms with Crippen LogP contribution in [0.25, 0.3) is 0 Å². The molecule has 3 nitrogen and oxygen atoms in total. The summed E-state index contributed by atoms with van der Waals surface area (Å²) < 4.78 is 24.1. The van der Waals surface area contributed by atoms with Crippen LogP contribution in [0.3, 0.4) is 0 Å². The molecule has 0 aliphatic rings. The predicted molar refractivity (Wildman–Crippen MR) is 31.6 cm³/mol. The van der Waals surface area contributed by atoms with Gasteiger partial charge in [0.05, 0.1) is 0 Å². The van der Waals surface area contributed by atoms with Crippen LogP contribution in [-0.4, -0.2) is 4.55 Å². The van der Waals surface area contributed by atoms with Crippen molar-refractivity contribution in [3.63, 3.8) is 0 Å². The van der Waals surface area contributed by atoms with Crippen LogP contribution in [0.1, 0.15) is 19.8 Å². The maximum Gasteiger partial charge on any atom is 1.00 e. The molecule has 0 amide bonds. The third-order valence-electron chi connectivity index (χ3n) is 0.354. The van der Waals surface area contributed by atoms with Gasteiger partial charge in [-0.3, -0.25) is 0 Å². The molecule has 0 aromatic rings. The summed E-state index contributed by atoms with van der Waals surface area (Å²) in [5, 5.41) is 0. The van der Waals surface area contributed by atoms with E-state index in [0.717, 1.165) is 6.42 Å². The van der Waals surface area contributed by atoms with Gasteiger partial charge in [0.15, 0.2) is 0 Å². The second-order valence-corrected chi connectivity index (χ2v) is 1.50. The van der Waals surface area contributed by atoms with E-state index in [9.17, 15) is 0 Å². The van der Waals surface area contributed by atoms with Gasteiger partial charge < -0.3 is 13.0 Å². The average molecular weight is 145 g/mol. The summed E-state index contributed by atoms with van der Waals surface area (Å²) in [6.45, 7) is 5.72. The molecule has 0 saturated heterocycles. The van der Waals surface area contributed by atoms with Gasteiger partial charge in [0, 0.05) is 11.0 Å². The molecular formula is C4H10LiO3S. The van der Waals surface area contributed by atoms with Crippen LogP contribution in [0.15, 0.2) is 0 Å². The summed E-state index contributed by atoms with van der Waals surface area (Å²) in [6.07, 6.45) is 2.28. The van der Waals surface area contributed by atoms with Crippen LogP contribution < -0.4 is 18.9 Å². The minimum Gasteiger partial charge on any atom is -0.439 e. The van der Waals surface area contributed by atoms with Crippen molar-refractivity contribution in [2.75, 3.05) is 0 Å². The van der Waals surface area contributed by atoms with Crippen molar-refractivity contribution in [3.05, 3.63) is 6.92 Å². The Morgan fingerprint density at radius 3 is 1.67 bits per heavy atom. The van der Waals surface area contributed by atoms with E-state index in [1.807, 2.05) is 0 Å². The first-order valence-electron chi connectivity index (χ1n) is 2.22. The van der Waals surface area contributed by atoms with Crippen molar-refractivity contribution in [1.82, 2.24) is 0 Å². The van der Waals surface area contributed by atoms with Gasteiger partial charge in [0.1, 0.15) is 0 Å². The van der Waals surface area contributed by atoms with Crippen molar-refractivity contribution in [2.24, 2.45) is 0 Å². The summed E-state index contributed by atoms with van der Waals surface area (Å²) in [5.41, 5.74) is 0. The topological polar surface area (TPSA) is 54.4 Å². The van der Waals surface area contributed by atoms with Crippen molar-refractivity contribution in [1.29, 1.82) is 0 Å². The van der Waals surface area contributed by atoms with Crippen LogP contribution in [0.5, 0.6) is 0 Å². The molecule has 0 atom stereocenters. The monoisotopic (exact) mass is 145 g/mol. The molecule has 0 unspecified atom stereocenters. The molecule has 0 aliphatic carbocycles. The third kappa shape index (κ3) is 159. The van der Waals surface area contributed by atoms with E-state index in [1.165, 1.54) is 6.42 Å². The Bertz CT molecular complexity index is 81.8. The molecule has 1 radical (unpaired) electrons. The van der Waals surface area contributed by atoms with Crippen molar-refractivity contribution >= 4 is 11.0 Å². The molecule has 0 bridgehead atoms. The molecule has 0 aromatic carbocycles. The summed E-state index contributed by atoms with van der Waals surface area (Å²) in [4.78, 5) is 0. The number of hydrogen-bond donors (Lipinski definition) is 1. The van der Waals surface area contributed by atoms with Gasteiger partial charge in [-0.15, -0.1) is 0 Å². The molecule has 51 valence electrons. The summed E-state index contributed by atoms with van der Waals surface area (Å²) in [7, 11) is -2.86. The van der Waals surface area contributed by atoms with E-state index in [0.29, 0.717) is 0 Å². The van der Waals surface area contributed by atoms with Crippen LogP contribution in [0.2, 0.25) is 0 Å². The molecule has 0 aliphatic heterocycles. The SMILES string of the molecule is O=[S-](=O)O.[CH2]CCC.[Li+]. The van der Waals surface area contributed by atoms with Crippen LogP contribution >= 0.6 is 0 Å². The first kappa shape index (κ1) is 16.2. The minimum absolute atomic E-state index is 0. The fourth-order valence-corrected chi connectivity index (χ4v) is 0. The zero-order valence-corrected chi connectivity index (χ0v) is 6.61. The number of unbranched alkanes of at least 4 members (excludes halogenated alkanes) is 1. The van der Waals surface area contributed by atoms with E-state index in [4.69, 9.17) is 13.0 Å². The van der Waals surface area contributed by atoms with E-state index in [2.05, 4.69) is 13.8 Å². The molecule has 9 heavy (non-hydrogen) atoms. The van der Waals surface area contributed by atoms with Crippen molar-refractivity contribution in [3.8, 4) is 0 Å². The molecule has 0 heterocycles. The summed E-state index contributed by atoms with van der Waals surface area (Å²) in [6, 6.07) is 0. The molecule has 0 rings (SSSR count). The minimum atomic E-state index is -2.86. The number of rotatable bonds is 1. The molecule has 0 spiro atoms. The molecule has 1 N–H and O–H groups in total. The standard InChI is InChI=1S/C4H9.Li.HO3S/c1-3-4-2;;1-4(2)3/h1,3-4H2,2H3;;(H,1,2,3)/q;+1;-1. The van der Waals surface area contributed by atoms with E-state index < -0.39 is 11.0 Å². The Hall–Kier alpha value is 0.507. The van der Waals surface area contributed by atoms with Gasteiger partial charge in [-0.05, 0) is 0 Å². The normalized spacial score (nSPS) is 7.11. The van der Waals surface area contributed by atoms with Crippen molar-refractivity contribution in [2.45, 2.75) is 19.8 Å². The molecule has 5 heteroatoms. The first-order valence-corrected chi connectivity index (χ1v) is 3.25. The van der Waals surface area contributed by atoms with Crippen LogP contribution in [-0.2, 0) is 19.4 Å². The second kappa shape index (κ2) is 15.8. The van der Waals surface area contributed by atoms with E-state index in [-0.39, 0.29) is 18.9 Å². The first-order chi connectivity index (χ1) is 3.65. The Kier molecular flexibility index (Phi) is 28.5. The van der Waals surface area contributed by atoms with Gasteiger partial charge in [-0.25, -0.2) is 0 Å². The summed E-state index contributed by atoms with van der Waals surface area (Å²) >= 11 is 0. The Morgan fingerprint density at radius 1 is 1.56 bits per heavy atom. The maximum atomic E-state index is 8.56. The Morgan fingerprint density at radius 2 is 1.67 bits per heavy atom. The predicted octanol–water partition coefficient (Wildman–Crippen LogP) is -1.61. The Labute approximate surface area is 69.8 Å². The van der Waals surface area contributed by atoms with Crippen LogP contribution in [0.4, 0.5) is 0 Å². The molecular weight excluding hydrogens is 135 g/mol.